The molecule has 35 heavy (non-hydrogen) atoms. The van der Waals surface area contributed by atoms with E-state index in [2.05, 4.69) is 37.2 Å². The van der Waals surface area contributed by atoms with E-state index in [0.717, 1.165) is 10.5 Å². The first-order valence-corrected chi connectivity index (χ1v) is 12.6. The lowest BCUT2D eigenvalue weighted by atomic mass is 10.1. The van der Waals surface area contributed by atoms with Gasteiger partial charge in [-0.05, 0) is 97.6 Å². The van der Waals surface area contributed by atoms with Gasteiger partial charge in [-0.25, -0.2) is 9.69 Å². The van der Waals surface area contributed by atoms with Crippen LogP contribution in [0.25, 0.3) is 6.08 Å². The Kier molecular flexibility index (Phi) is 7.88. The number of nitrogens with one attached hydrogen (secondary N) is 1. The van der Waals surface area contributed by atoms with Crippen LogP contribution in [0.15, 0.2) is 69.1 Å². The van der Waals surface area contributed by atoms with Crippen molar-refractivity contribution < 1.29 is 19.1 Å². The van der Waals surface area contributed by atoms with E-state index in [1.165, 1.54) is 18.2 Å². The molecule has 4 rings (SSSR count). The van der Waals surface area contributed by atoms with Crippen LogP contribution in [0.4, 0.5) is 10.5 Å². The highest BCUT2D eigenvalue weighted by molar-refractivity contribution is 9.11. The van der Waals surface area contributed by atoms with Gasteiger partial charge in [-0.2, -0.15) is 0 Å². The van der Waals surface area contributed by atoms with Crippen LogP contribution in [0.2, 0.25) is 15.1 Å². The molecule has 1 saturated heterocycles. The Labute approximate surface area is 232 Å². The van der Waals surface area contributed by atoms with E-state index in [1.807, 2.05) is 0 Å². The monoisotopic (exact) mass is 656 g/mol. The summed E-state index contributed by atoms with van der Waals surface area (Å²) in [7, 11) is 0. The second-order valence-electron chi connectivity index (χ2n) is 7.29. The minimum absolute atomic E-state index is 0.206. The Hall–Kier alpha value is -2.36. The number of rotatable bonds is 5. The fourth-order valence-corrected chi connectivity index (χ4v) is 5.13. The van der Waals surface area contributed by atoms with E-state index in [0.29, 0.717) is 35.3 Å². The van der Waals surface area contributed by atoms with Gasteiger partial charge in [-0.1, -0.05) is 40.9 Å². The summed E-state index contributed by atoms with van der Waals surface area (Å²) in [4.78, 5) is 38.7. The van der Waals surface area contributed by atoms with E-state index in [9.17, 15) is 14.4 Å². The molecule has 1 aliphatic rings. The standard InChI is InChI=1S/C24H13Br2Cl3N2O4/c25-17-8-13(9-18(26)21(17)35-11-12-1-6-19(28)20(29)10-12)7-16-22(32)30-24(34)31(23(16)33)15-4-2-14(27)3-5-15/h1-10H,11H2,(H,30,32,34)/b16-7+. The highest BCUT2D eigenvalue weighted by Crippen LogP contribution is 2.36. The summed E-state index contributed by atoms with van der Waals surface area (Å²) in [6.07, 6.45) is 1.39. The van der Waals surface area contributed by atoms with Gasteiger partial charge in [-0.15, -0.1) is 0 Å². The van der Waals surface area contributed by atoms with E-state index in [4.69, 9.17) is 39.5 Å². The number of nitrogens with zero attached hydrogens (tertiary/aromatic N) is 1. The molecule has 1 aliphatic heterocycles. The number of hydrogen-bond donors (Lipinski definition) is 1. The van der Waals surface area contributed by atoms with Crippen LogP contribution >= 0.6 is 66.7 Å². The topological polar surface area (TPSA) is 75.7 Å². The third kappa shape index (κ3) is 5.73. The first kappa shape index (κ1) is 25.7. The van der Waals surface area contributed by atoms with Crippen molar-refractivity contribution >= 4 is 96.3 Å². The number of amides is 4. The predicted molar refractivity (Wildman–Crippen MR) is 143 cm³/mol. The average Bonchev–Trinajstić information content (AvgIpc) is 2.79. The molecule has 0 unspecified atom stereocenters. The molecule has 0 aliphatic carbocycles. The molecule has 1 N–H and O–H groups in total. The van der Waals surface area contributed by atoms with Gasteiger partial charge in [0.25, 0.3) is 11.8 Å². The van der Waals surface area contributed by atoms with Gasteiger partial charge in [0.1, 0.15) is 17.9 Å². The van der Waals surface area contributed by atoms with Crippen LogP contribution < -0.4 is 15.0 Å². The van der Waals surface area contributed by atoms with Crippen molar-refractivity contribution in [3.63, 3.8) is 0 Å². The van der Waals surface area contributed by atoms with Crippen molar-refractivity contribution in [1.29, 1.82) is 0 Å². The van der Waals surface area contributed by atoms with Crippen molar-refractivity contribution in [3.05, 3.63) is 95.3 Å². The van der Waals surface area contributed by atoms with Crippen LogP contribution in [0, 0.1) is 0 Å². The van der Waals surface area contributed by atoms with Gasteiger partial charge < -0.3 is 4.74 Å². The maximum Gasteiger partial charge on any atom is 0.335 e. The molecule has 11 heteroatoms. The number of benzene rings is 3. The Morgan fingerprint density at radius 2 is 1.54 bits per heavy atom. The molecule has 0 bridgehead atoms. The normalized spacial score (nSPS) is 14.9. The molecule has 178 valence electrons. The van der Waals surface area contributed by atoms with Crippen molar-refractivity contribution in [2.75, 3.05) is 4.90 Å². The Morgan fingerprint density at radius 1 is 0.886 bits per heavy atom. The number of barbiturate groups is 1. The van der Waals surface area contributed by atoms with Crippen LogP contribution in [0.3, 0.4) is 0 Å². The Bertz CT molecular complexity index is 1370. The van der Waals surface area contributed by atoms with E-state index >= 15 is 0 Å². The number of carbonyl (C=O) groups excluding carboxylic acids is 3. The average molecular weight is 660 g/mol. The number of anilines is 1. The van der Waals surface area contributed by atoms with Crippen molar-refractivity contribution in [2.45, 2.75) is 6.61 Å². The van der Waals surface area contributed by atoms with Crippen LogP contribution in [-0.4, -0.2) is 17.8 Å². The van der Waals surface area contributed by atoms with E-state index < -0.39 is 17.8 Å². The fraction of sp³-hybridized carbons (Fsp3) is 0.0417. The first-order valence-electron chi connectivity index (χ1n) is 9.87. The minimum atomic E-state index is -0.840. The van der Waals surface area contributed by atoms with Gasteiger partial charge in [0.05, 0.1) is 24.7 Å². The van der Waals surface area contributed by atoms with Crippen LogP contribution in [0.5, 0.6) is 5.75 Å². The lowest BCUT2D eigenvalue weighted by Gasteiger charge is -2.26. The molecule has 3 aromatic rings. The zero-order valence-electron chi connectivity index (χ0n) is 17.5. The summed E-state index contributed by atoms with van der Waals surface area (Å²) >= 11 is 24.8. The molecule has 0 radical (unpaired) electrons. The number of imide groups is 2. The highest BCUT2D eigenvalue weighted by Gasteiger charge is 2.36. The van der Waals surface area contributed by atoms with Crippen LogP contribution in [0.1, 0.15) is 11.1 Å². The number of ether oxygens (including phenoxy) is 1. The summed E-state index contributed by atoms with van der Waals surface area (Å²) in [5, 5.41) is 3.51. The quantitative estimate of drug-likeness (QED) is 0.229. The van der Waals surface area contributed by atoms with Gasteiger partial charge in [0, 0.05) is 5.02 Å². The first-order chi connectivity index (χ1) is 16.6. The predicted octanol–water partition coefficient (Wildman–Crippen LogP) is 7.42. The molecular formula is C24H13Br2Cl3N2O4. The molecule has 0 aromatic heterocycles. The largest absolute Gasteiger partial charge is 0.487 e. The summed E-state index contributed by atoms with van der Waals surface area (Å²) in [6.45, 7) is 0.230. The van der Waals surface area contributed by atoms with Crippen molar-refractivity contribution in [3.8, 4) is 5.75 Å². The fourth-order valence-electron chi connectivity index (χ4n) is 3.23. The number of hydrogen-bond acceptors (Lipinski definition) is 4. The van der Waals surface area contributed by atoms with Gasteiger partial charge >= 0.3 is 6.03 Å². The second kappa shape index (κ2) is 10.7. The lowest BCUT2D eigenvalue weighted by molar-refractivity contribution is -0.122. The summed E-state index contributed by atoms with van der Waals surface area (Å²) in [6, 6.07) is 13.9. The maximum atomic E-state index is 13.1. The third-order valence-corrected chi connectivity index (χ3v) is 7.05. The summed E-state index contributed by atoms with van der Waals surface area (Å²) in [5.74, 6) is -1.04. The number of carbonyl (C=O) groups is 3. The number of urea groups is 1. The highest BCUT2D eigenvalue weighted by atomic mass is 79.9. The zero-order chi connectivity index (χ0) is 25.3. The molecule has 0 saturated carbocycles. The molecule has 1 heterocycles. The molecule has 0 atom stereocenters. The maximum absolute atomic E-state index is 13.1. The Morgan fingerprint density at radius 3 is 2.17 bits per heavy atom. The molecule has 4 amide bonds. The second-order valence-corrected chi connectivity index (χ2v) is 10.2. The molecule has 6 nitrogen and oxygen atoms in total. The van der Waals surface area contributed by atoms with Crippen LogP contribution in [-0.2, 0) is 16.2 Å². The smallest absolute Gasteiger partial charge is 0.335 e. The summed E-state index contributed by atoms with van der Waals surface area (Å²) in [5.41, 5.74) is 1.42. The number of halogens is 5. The molecular weight excluding hydrogens is 646 g/mol. The Balaban J connectivity index is 1.59. The third-order valence-electron chi connectivity index (χ3n) is 4.89. The summed E-state index contributed by atoms with van der Waals surface area (Å²) < 4.78 is 7.06. The van der Waals surface area contributed by atoms with E-state index in [1.54, 1.807) is 42.5 Å². The van der Waals surface area contributed by atoms with Gasteiger partial charge in [-0.3, -0.25) is 14.9 Å². The molecule has 3 aromatic carbocycles. The van der Waals surface area contributed by atoms with Gasteiger partial charge in [0.15, 0.2) is 0 Å². The van der Waals surface area contributed by atoms with Crippen molar-refractivity contribution in [1.82, 2.24) is 5.32 Å². The van der Waals surface area contributed by atoms with Crippen molar-refractivity contribution in [2.24, 2.45) is 0 Å². The zero-order valence-corrected chi connectivity index (χ0v) is 22.9. The lowest BCUT2D eigenvalue weighted by Crippen LogP contribution is -2.54. The molecule has 0 spiro atoms. The minimum Gasteiger partial charge on any atom is -0.487 e. The van der Waals surface area contributed by atoms with E-state index in [-0.39, 0.29) is 17.9 Å². The SMILES string of the molecule is O=C1NC(=O)N(c2ccc(Cl)cc2)C(=O)/C1=C/c1cc(Br)c(OCc2ccc(Cl)c(Cl)c2)c(Br)c1. The van der Waals surface area contributed by atoms with Gasteiger partial charge in [0.2, 0.25) is 0 Å². The molecule has 1 fully saturated rings.